The zero-order valence-electron chi connectivity index (χ0n) is 17.2. The van der Waals surface area contributed by atoms with Crippen LogP contribution in [0.1, 0.15) is 0 Å². The van der Waals surface area contributed by atoms with Gasteiger partial charge in [-0.3, -0.25) is 10.1 Å². The van der Waals surface area contributed by atoms with Gasteiger partial charge >= 0.3 is 0 Å². The zero-order chi connectivity index (χ0) is 21.4. The maximum Gasteiger partial charge on any atom is 0.175 e. The van der Waals surface area contributed by atoms with Gasteiger partial charge in [-0.05, 0) is 42.0 Å². The summed E-state index contributed by atoms with van der Waals surface area (Å²) in [5, 5.41) is 8.04. The van der Waals surface area contributed by atoms with E-state index >= 15 is 0 Å². The van der Waals surface area contributed by atoms with E-state index in [1.165, 1.54) is 11.9 Å². The highest BCUT2D eigenvalue weighted by molar-refractivity contribution is 7.90. The molecule has 3 heterocycles. The van der Waals surface area contributed by atoms with Gasteiger partial charge in [0.25, 0.3) is 0 Å². The normalized spacial score (nSPS) is 14.9. The number of hydrogen-bond donors (Lipinski definition) is 1. The van der Waals surface area contributed by atoms with Crippen molar-refractivity contribution in [1.82, 2.24) is 15.2 Å². The first-order valence-electron chi connectivity index (χ1n) is 10.2. The third kappa shape index (κ3) is 3.86. The van der Waals surface area contributed by atoms with E-state index in [4.69, 9.17) is 0 Å². The zero-order valence-corrected chi connectivity index (χ0v) is 18.0. The molecule has 0 saturated carbocycles. The molecule has 0 bridgehead atoms. The summed E-state index contributed by atoms with van der Waals surface area (Å²) < 4.78 is 23.8. The molecule has 0 aliphatic carbocycles. The molecule has 0 atom stereocenters. The van der Waals surface area contributed by atoms with Gasteiger partial charge in [-0.1, -0.05) is 12.1 Å². The van der Waals surface area contributed by atoms with Crippen LogP contribution in [0.15, 0.2) is 72.0 Å². The fourth-order valence-corrected chi connectivity index (χ4v) is 4.77. The molecule has 158 valence electrons. The molecule has 1 aliphatic rings. The number of benzene rings is 2. The number of pyridine rings is 1. The van der Waals surface area contributed by atoms with E-state index in [2.05, 4.69) is 43.2 Å². The fraction of sp³-hybridized carbons (Fsp3) is 0.217. The van der Waals surface area contributed by atoms with Crippen molar-refractivity contribution in [3.05, 3.63) is 67.1 Å². The summed E-state index contributed by atoms with van der Waals surface area (Å²) in [6.07, 6.45) is 6.81. The molecular formula is C23H23N5O2S. The van der Waals surface area contributed by atoms with Crippen LogP contribution in [0.3, 0.4) is 0 Å². The molecule has 8 heteroatoms. The average Bonchev–Trinajstić information content (AvgIpc) is 3.33. The maximum absolute atomic E-state index is 11.9. The third-order valence-electron chi connectivity index (χ3n) is 5.78. The number of nitrogens with one attached hydrogen (secondary N) is 1. The van der Waals surface area contributed by atoms with E-state index in [1.807, 2.05) is 36.8 Å². The van der Waals surface area contributed by atoms with E-state index in [0.29, 0.717) is 4.90 Å². The van der Waals surface area contributed by atoms with Crippen molar-refractivity contribution in [2.45, 2.75) is 4.90 Å². The molecule has 0 radical (unpaired) electrons. The largest absolute Gasteiger partial charge is 0.368 e. The summed E-state index contributed by atoms with van der Waals surface area (Å²) in [4.78, 5) is 9.51. The van der Waals surface area contributed by atoms with Crippen LogP contribution in [0, 0.1) is 0 Å². The molecule has 5 rings (SSSR count). The first-order valence-corrected chi connectivity index (χ1v) is 12.1. The lowest BCUT2D eigenvalue weighted by atomic mass is 10.0. The lowest BCUT2D eigenvalue weighted by molar-refractivity contribution is 0.601. The lowest BCUT2D eigenvalue weighted by Gasteiger charge is -2.38. The number of hydrogen-bond acceptors (Lipinski definition) is 6. The van der Waals surface area contributed by atoms with Gasteiger partial charge in [-0.15, -0.1) is 0 Å². The molecule has 2 aromatic carbocycles. The molecule has 4 aromatic rings. The number of nitrogens with zero attached hydrogens (tertiary/aromatic N) is 4. The molecule has 2 aromatic heterocycles. The Morgan fingerprint density at radius 1 is 0.935 bits per heavy atom. The van der Waals surface area contributed by atoms with E-state index in [-0.39, 0.29) is 0 Å². The summed E-state index contributed by atoms with van der Waals surface area (Å²) in [7, 11) is -3.22. The number of aromatic nitrogens is 3. The van der Waals surface area contributed by atoms with Crippen molar-refractivity contribution in [3.8, 4) is 11.1 Å². The van der Waals surface area contributed by atoms with Crippen LogP contribution in [-0.4, -0.2) is 56.0 Å². The third-order valence-corrected chi connectivity index (χ3v) is 6.89. The second-order valence-electron chi connectivity index (χ2n) is 7.79. The van der Waals surface area contributed by atoms with Gasteiger partial charge in [-0.25, -0.2) is 8.42 Å². The van der Waals surface area contributed by atoms with Gasteiger partial charge in [0, 0.05) is 67.2 Å². The number of anilines is 2. The molecule has 31 heavy (non-hydrogen) atoms. The Bertz CT molecular complexity index is 1330. The van der Waals surface area contributed by atoms with E-state index in [0.717, 1.165) is 53.9 Å². The summed E-state index contributed by atoms with van der Waals surface area (Å²) in [6.45, 7) is 3.33. The molecule has 1 fully saturated rings. The number of piperazine rings is 1. The van der Waals surface area contributed by atoms with Crippen molar-refractivity contribution in [3.63, 3.8) is 0 Å². The van der Waals surface area contributed by atoms with Crippen LogP contribution < -0.4 is 9.80 Å². The van der Waals surface area contributed by atoms with Crippen molar-refractivity contribution in [2.75, 3.05) is 42.2 Å². The standard InChI is InChI=1S/C23H23N5O2S/c1-31(29,30)20-4-2-3-19(14-20)27-9-11-28(12-10-27)23-7-8-24-22-6-5-17(13-21(22)23)18-15-25-26-16-18/h2-8,13-16H,9-12H2,1H3,(H,25,26). The van der Waals surface area contributed by atoms with Crippen molar-refractivity contribution in [2.24, 2.45) is 0 Å². The Balaban J connectivity index is 1.40. The van der Waals surface area contributed by atoms with E-state index < -0.39 is 9.84 Å². The van der Waals surface area contributed by atoms with Gasteiger partial charge in [0.15, 0.2) is 9.84 Å². The second kappa shape index (κ2) is 7.70. The van der Waals surface area contributed by atoms with Gasteiger partial charge in [-0.2, -0.15) is 5.10 Å². The molecule has 1 aliphatic heterocycles. The van der Waals surface area contributed by atoms with E-state index in [9.17, 15) is 8.42 Å². The minimum Gasteiger partial charge on any atom is -0.368 e. The molecule has 1 saturated heterocycles. The molecule has 0 unspecified atom stereocenters. The molecule has 0 spiro atoms. The average molecular weight is 434 g/mol. The topological polar surface area (TPSA) is 82.2 Å². The second-order valence-corrected chi connectivity index (χ2v) is 9.81. The molecule has 7 nitrogen and oxygen atoms in total. The summed E-state index contributed by atoms with van der Waals surface area (Å²) in [5.74, 6) is 0. The fourth-order valence-electron chi connectivity index (χ4n) is 4.11. The lowest BCUT2D eigenvalue weighted by Crippen LogP contribution is -2.46. The molecular weight excluding hydrogens is 410 g/mol. The number of aromatic amines is 1. The van der Waals surface area contributed by atoms with Crippen LogP contribution >= 0.6 is 0 Å². The highest BCUT2D eigenvalue weighted by Gasteiger charge is 2.20. The Hall–Kier alpha value is -3.39. The quantitative estimate of drug-likeness (QED) is 0.532. The molecule has 0 amide bonds. The number of sulfone groups is 1. The minimum absolute atomic E-state index is 0.360. The van der Waals surface area contributed by atoms with Crippen LogP contribution in [0.5, 0.6) is 0 Å². The van der Waals surface area contributed by atoms with Gasteiger partial charge < -0.3 is 9.80 Å². The predicted octanol–water partition coefficient (Wildman–Crippen LogP) is 3.36. The minimum atomic E-state index is -3.22. The van der Waals surface area contributed by atoms with Gasteiger partial charge in [0.1, 0.15) is 0 Å². The highest BCUT2D eigenvalue weighted by Crippen LogP contribution is 2.31. The predicted molar refractivity (Wildman–Crippen MR) is 123 cm³/mol. The first kappa shape index (κ1) is 19.6. The first-order chi connectivity index (χ1) is 15.0. The maximum atomic E-state index is 11.9. The Morgan fingerprint density at radius 3 is 2.48 bits per heavy atom. The van der Waals surface area contributed by atoms with E-state index in [1.54, 1.807) is 12.1 Å². The van der Waals surface area contributed by atoms with Crippen LogP contribution in [-0.2, 0) is 9.84 Å². The summed E-state index contributed by atoms with van der Waals surface area (Å²) >= 11 is 0. The van der Waals surface area contributed by atoms with Crippen molar-refractivity contribution >= 4 is 32.1 Å². The van der Waals surface area contributed by atoms with Crippen LogP contribution in [0.25, 0.3) is 22.0 Å². The summed E-state index contributed by atoms with van der Waals surface area (Å²) in [6, 6.07) is 15.6. The summed E-state index contributed by atoms with van der Waals surface area (Å²) in [5.41, 5.74) is 5.23. The Morgan fingerprint density at radius 2 is 1.74 bits per heavy atom. The monoisotopic (exact) mass is 433 g/mol. The Labute approximate surface area is 181 Å². The Kier molecular flexibility index (Phi) is 4.86. The smallest absolute Gasteiger partial charge is 0.175 e. The highest BCUT2D eigenvalue weighted by atomic mass is 32.2. The van der Waals surface area contributed by atoms with Crippen molar-refractivity contribution in [1.29, 1.82) is 0 Å². The van der Waals surface area contributed by atoms with Crippen LogP contribution in [0.2, 0.25) is 0 Å². The number of fused-ring (bicyclic) bond motifs is 1. The molecule has 1 N–H and O–H groups in total. The van der Waals surface area contributed by atoms with Crippen molar-refractivity contribution < 1.29 is 8.42 Å². The van der Waals surface area contributed by atoms with Crippen LogP contribution in [0.4, 0.5) is 11.4 Å². The van der Waals surface area contributed by atoms with Gasteiger partial charge in [0.05, 0.1) is 16.6 Å². The van der Waals surface area contributed by atoms with Gasteiger partial charge in [0.2, 0.25) is 0 Å². The number of H-pyrrole nitrogens is 1. The SMILES string of the molecule is CS(=O)(=O)c1cccc(N2CCN(c3ccnc4ccc(-c5cn[nH]c5)cc34)CC2)c1. The number of rotatable bonds is 4.